The number of β-amino-alcohol motifs (C(OH)–C–C–N with tert-alkyl or cyclic N) is 1. The number of aliphatic hydroxyl groups excluding tert-OH is 1. The Morgan fingerprint density at radius 2 is 1.96 bits per heavy atom. The fraction of sp³-hybridized carbons (Fsp3) is 0.375. The first-order chi connectivity index (χ1) is 11.4. The quantitative estimate of drug-likeness (QED) is 0.757. The number of esters is 1. The second-order valence-electron chi connectivity index (χ2n) is 5.71. The number of ether oxygens (including phenoxy) is 1. The summed E-state index contributed by atoms with van der Waals surface area (Å²) in [6, 6.07) is 5.80. The first-order valence-corrected chi connectivity index (χ1v) is 7.47. The zero-order valence-electron chi connectivity index (χ0n) is 13.3. The molecular formula is C16H17N3O5. The number of methoxy groups -OCH3 is 1. The summed E-state index contributed by atoms with van der Waals surface area (Å²) in [6.07, 6.45) is -0.695. The molecule has 2 aromatic rings. The van der Waals surface area contributed by atoms with Gasteiger partial charge in [0.15, 0.2) is 5.69 Å². The maximum Gasteiger partial charge on any atom is 0.328 e. The Morgan fingerprint density at radius 3 is 2.62 bits per heavy atom. The van der Waals surface area contributed by atoms with Crippen LogP contribution in [0.2, 0.25) is 0 Å². The molecule has 1 aliphatic heterocycles. The molecule has 2 unspecified atom stereocenters. The summed E-state index contributed by atoms with van der Waals surface area (Å²) in [4.78, 5) is 38.2. The van der Waals surface area contributed by atoms with Gasteiger partial charge in [-0.2, -0.15) is 5.10 Å². The van der Waals surface area contributed by atoms with E-state index in [1.165, 1.54) is 19.1 Å². The number of carbonyl (C=O) groups is 2. The van der Waals surface area contributed by atoms with Crippen LogP contribution < -0.4 is 5.56 Å². The monoisotopic (exact) mass is 331 g/mol. The number of aromatic nitrogens is 2. The van der Waals surface area contributed by atoms with Crippen molar-refractivity contribution in [3.05, 3.63) is 40.3 Å². The third-order valence-electron chi connectivity index (χ3n) is 4.17. The average Bonchev–Trinajstić information content (AvgIpc) is 2.98. The van der Waals surface area contributed by atoms with Crippen molar-refractivity contribution in [3.63, 3.8) is 0 Å². The Hall–Kier alpha value is -2.74. The summed E-state index contributed by atoms with van der Waals surface area (Å²) in [5, 5.41) is 14.7. The predicted molar refractivity (Wildman–Crippen MR) is 84.4 cm³/mol. The maximum atomic E-state index is 12.9. The summed E-state index contributed by atoms with van der Waals surface area (Å²) >= 11 is 0. The van der Waals surface area contributed by atoms with Gasteiger partial charge in [-0.3, -0.25) is 9.59 Å². The number of aryl methyl sites for hydroxylation is 1. The van der Waals surface area contributed by atoms with Crippen LogP contribution >= 0.6 is 0 Å². The minimum absolute atomic E-state index is 0.0114. The molecule has 0 saturated carbocycles. The molecule has 1 saturated heterocycles. The van der Waals surface area contributed by atoms with E-state index in [2.05, 4.69) is 5.10 Å². The standard InChI is InChI=1S/C16H17N3O5/c1-18-14(21)11-6-4-3-5-10(11)13(17-18)15(22)19-8-9(20)7-12(19)16(23)24-2/h3-6,9,12,20H,7-8H2,1-2H3. The minimum Gasteiger partial charge on any atom is -0.467 e. The number of hydrogen-bond donors (Lipinski definition) is 1. The number of aliphatic hydroxyl groups is 1. The third kappa shape index (κ3) is 2.54. The number of benzene rings is 1. The summed E-state index contributed by atoms with van der Waals surface area (Å²) in [7, 11) is 2.69. The van der Waals surface area contributed by atoms with Crippen LogP contribution in [0.1, 0.15) is 16.9 Å². The molecule has 126 valence electrons. The number of carbonyl (C=O) groups excluding carboxylic acids is 2. The second kappa shape index (κ2) is 6.04. The normalized spacial score (nSPS) is 20.4. The number of rotatable bonds is 2. The molecule has 1 amide bonds. The lowest BCUT2D eigenvalue weighted by Gasteiger charge is -2.22. The van der Waals surface area contributed by atoms with Gasteiger partial charge in [0, 0.05) is 25.4 Å². The molecule has 2 atom stereocenters. The summed E-state index contributed by atoms with van der Waals surface area (Å²) < 4.78 is 5.80. The number of nitrogens with zero attached hydrogens (tertiary/aromatic N) is 3. The first-order valence-electron chi connectivity index (χ1n) is 7.47. The van der Waals surface area contributed by atoms with Crippen LogP contribution in [0.4, 0.5) is 0 Å². The predicted octanol–water partition coefficient (Wildman–Crippen LogP) is -0.318. The zero-order valence-corrected chi connectivity index (χ0v) is 13.3. The molecule has 0 aliphatic carbocycles. The molecule has 3 rings (SSSR count). The minimum atomic E-state index is -0.865. The second-order valence-corrected chi connectivity index (χ2v) is 5.71. The van der Waals surface area contributed by atoms with E-state index in [0.717, 1.165) is 4.68 Å². The Bertz CT molecular complexity index is 876. The summed E-state index contributed by atoms with van der Waals surface area (Å²) in [5.74, 6) is -1.11. The highest BCUT2D eigenvalue weighted by atomic mass is 16.5. The van der Waals surface area contributed by atoms with Crippen LogP contribution in [0.15, 0.2) is 29.1 Å². The van der Waals surface area contributed by atoms with E-state index in [-0.39, 0.29) is 24.2 Å². The van der Waals surface area contributed by atoms with Crippen molar-refractivity contribution in [1.82, 2.24) is 14.7 Å². The topological polar surface area (TPSA) is 102 Å². The number of fused-ring (bicyclic) bond motifs is 1. The van der Waals surface area contributed by atoms with Gasteiger partial charge in [0.1, 0.15) is 6.04 Å². The summed E-state index contributed by atoms with van der Waals surface area (Å²) in [5.41, 5.74) is -0.246. The van der Waals surface area contributed by atoms with Gasteiger partial charge < -0.3 is 14.7 Å². The molecule has 1 aliphatic rings. The van der Waals surface area contributed by atoms with Gasteiger partial charge >= 0.3 is 5.97 Å². The molecule has 0 radical (unpaired) electrons. The molecule has 1 N–H and O–H groups in total. The average molecular weight is 331 g/mol. The van der Waals surface area contributed by atoms with Gasteiger partial charge in [0.25, 0.3) is 11.5 Å². The van der Waals surface area contributed by atoms with Crippen molar-refractivity contribution in [1.29, 1.82) is 0 Å². The van der Waals surface area contributed by atoms with Crippen LogP contribution in [-0.2, 0) is 16.6 Å². The van der Waals surface area contributed by atoms with Crippen LogP contribution in [0.3, 0.4) is 0 Å². The Morgan fingerprint density at radius 1 is 1.29 bits per heavy atom. The molecule has 1 aromatic carbocycles. The van der Waals surface area contributed by atoms with Crippen LogP contribution in [0, 0.1) is 0 Å². The maximum absolute atomic E-state index is 12.9. The molecule has 0 bridgehead atoms. The van der Waals surface area contributed by atoms with E-state index in [1.54, 1.807) is 24.3 Å². The molecule has 1 fully saturated rings. The van der Waals surface area contributed by atoms with Crippen molar-refractivity contribution < 1.29 is 19.4 Å². The molecule has 8 heteroatoms. The Balaban J connectivity index is 2.10. The molecular weight excluding hydrogens is 314 g/mol. The van der Waals surface area contributed by atoms with E-state index in [9.17, 15) is 19.5 Å². The third-order valence-corrected chi connectivity index (χ3v) is 4.17. The van der Waals surface area contributed by atoms with Crippen molar-refractivity contribution in [3.8, 4) is 0 Å². The fourth-order valence-corrected chi connectivity index (χ4v) is 2.99. The lowest BCUT2D eigenvalue weighted by Crippen LogP contribution is -2.42. The molecule has 24 heavy (non-hydrogen) atoms. The van der Waals surface area contributed by atoms with Crippen LogP contribution in [0.25, 0.3) is 10.8 Å². The van der Waals surface area contributed by atoms with Gasteiger partial charge in [-0.05, 0) is 6.07 Å². The van der Waals surface area contributed by atoms with Gasteiger partial charge in [0.2, 0.25) is 0 Å². The summed E-state index contributed by atoms with van der Waals surface area (Å²) in [6.45, 7) is 0.0114. The van der Waals surface area contributed by atoms with Crippen LogP contribution in [0.5, 0.6) is 0 Å². The number of likely N-dealkylation sites (tertiary alicyclic amines) is 1. The largest absolute Gasteiger partial charge is 0.467 e. The van der Waals surface area contributed by atoms with Gasteiger partial charge in [0.05, 0.1) is 18.6 Å². The van der Waals surface area contributed by atoms with E-state index in [4.69, 9.17) is 4.74 Å². The highest BCUT2D eigenvalue weighted by molar-refractivity contribution is 6.06. The van der Waals surface area contributed by atoms with Gasteiger partial charge in [-0.1, -0.05) is 18.2 Å². The smallest absolute Gasteiger partial charge is 0.328 e. The van der Waals surface area contributed by atoms with Crippen molar-refractivity contribution in [2.75, 3.05) is 13.7 Å². The molecule has 0 spiro atoms. The van der Waals surface area contributed by atoms with Crippen molar-refractivity contribution in [2.45, 2.75) is 18.6 Å². The number of hydrogen-bond acceptors (Lipinski definition) is 6. The highest BCUT2D eigenvalue weighted by Gasteiger charge is 2.41. The van der Waals surface area contributed by atoms with Gasteiger partial charge in [-0.15, -0.1) is 0 Å². The molecule has 8 nitrogen and oxygen atoms in total. The van der Waals surface area contributed by atoms with Crippen molar-refractivity contribution in [2.24, 2.45) is 7.05 Å². The van der Waals surface area contributed by atoms with E-state index < -0.39 is 24.0 Å². The highest BCUT2D eigenvalue weighted by Crippen LogP contribution is 2.23. The van der Waals surface area contributed by atoms with E-state index in [0.29, 0.717) is 10.8 Å². The Labute approximate surface area is 137 Å². The molecule has 2 heterocycles. The first kappa shape index (κ1) is 16.1. The number of amides is 1. The zero-order chi connectivity index (χ0) is 17.4. The van der Waals surface area contributed by atoms with E-state index in [1.807, 2.05) is 0 Å². The lowest BCUT2D eigenvalue weighted by molar-refractivity contribution is -0.145. The molecule has 1 aromatic heterocycles. The fourth-order valence-electron chi connectivity index (χ4n) is 2.99. The van der Waals surface area contributed by atoms with Crippen molar-refractivity contribution >= 4 is 22.6 Å². The van der Waals surface area contributed by atoms with E-state index >= 15 is 0 Å². The Kier molecular flexibility index (Phi) is 4.06. The SMILES string of the molecule is COC(=O)C1CC(O)CN1C(=O)c1nn(C)c(=O)c2ccccc12. The lowest BCUT2D eigenvalue weighted by atomic mass is 10.1. The van der Waals surface area contributed by atoms with Crippen LogP contribution in [-0.4, -0.2) is 57.5 Å². The van der Waals surface area contributed by atoms with Gasteiger partial charge in [-0.25, -0.2) is 9.48 Å².